The number of rotatable bonds is 7. The van der Waals surface area contributed by atoms with Gasteiger partial charge in [0.15, 0.2) is 9.84 Å². The summed E-state index contributed by atoms with van der Waals surface area (Å²) in [6.07, 6.45) is -5.38. The normalized spacial score (nSPS) is 13.0. The Morgan fingerprint density at radius 2 is 2.00 bits per heavy atom. The van der Waals surface area contributed by atoms with Gasteiger partial charge < -0.3 is 15.8 Å². The number of nitriles is 1. The first-order chi connectivity index (χ1) is 11.1. The van der Waals surface area contributed by atoms with Crippen LogP contribution in [0.2, 0.25) is 0 Å². The van der Waals surface area contributed by atoms with Crippen LogP contribution in [-0.2, 0) is 14.6 Å². The third kappa shape index (κ3) is 6.05. The quantitative estimate of drug-likeness (QED) is 0.687. The largest absolute Gasteiger partial charge is 0.573 e. The molecule has 1 amide bonds. The molecule has 3 N–H and O–H groups in total. The molecule has 0 heterocycles. The van der Waals surface area contributed by atoms with E-state index in [-0.39, 0.29) is 13.0 Å². The summed E-state index contributed by atoms with van der Waals surface area (Å²) in [6, 6.07) is 4.72. The van der Waals surface area contributed by atoms with Crippen LogP contribution in [0.4, 0.5) is 13.2 Å². The Hall–Kier alpha value is -2.32. The van der Waals surface area contributed by atoms with Crippen molar-refractivity contribution in [3.05, 3.63) is 24.3 Å². The monoisotopic (exact) mass is 365 g/mol. The zero-order valence-corrected chi connectivity index (χ0v) is 13.0. The summed E-state index contributed by atoms with van der Waals surface area (Å²) in [6.45, 7) is -0.290. The summed E-state index contributed by atoms with van der Waals surface area (Å²) < 4.78 is 65.1. The van der Waals surface area contributed by atoms with Crippen LogP contribution in [0.1, 0.15) is 6.42 Å². The van der Waals surface area contributed by atoms with Crippen LogP contribution in [0.3, 0.4) is 0 Å². The minimum Gasteiger partial charge on any atom is -0.404 e. The molecule has 0 saturated carbocycles. The maximum atomic E-state index is 12.3. The van der Waals surface area contributed by atoms with Gasteiger partial charge in [-0.3, -0.25) is 4.79 Å². The van der Waals surface area contributed by atoms with E-state index in [0.717, 1.165) is 12.1 Å². The van der Waals surface area contributed by atoms with Gasteiger partial charge in [0.05, 0.1) is 17.9 Å². The Balaban J connectivity index is 2.87. The zero-order chi connectivity index (χ0) is 18.4. The van der Waals surface area contributed by atoms with Crippen LogP contribution in [-0.4, -0.2) is 39.0 Å². The summed E-state index contributed by atoms with van der Waals surface area (Å²) >= 11 is 0. The Kier molecular flexibility index (Phi) is 6.56. The number of carbonyl (C=O) groups excluding carboxylic acids is 1. The SMILES string of the molecule is N#CCNC(=O)[C@@H](N)CCS(=O)(=O)c1ccccc1OC(F)(F)F. The number of hydrogen-bond acceptors (Lipinski definition) is 6. The number of amides is 1. The van der Waals surface area contributed by atoms with Crippen molar-refractivity contribution in [2.75, 3.05) is 12.3 Å². The van der Waals surface area contributed by atoms with E-state index >= 15 is 0 Å². The lowest BCUT2D eigenvalue weighted by Gasteiger charge is -2.14. The number of halogens is 3. The van der Waals surface area contributed by atoms with Gasteiger partial charge in [0.1, 0.15) is 17.2 Å². The van der Waals surface area contributed by atoms with Crippen molar-refractivity contribution in [2.45, 2.75) is 23.7 Å². The predicted molar refractivity (Wildman–Crippen MR) is 76.4 cm³/mol. The number of hydrogen-bond donors (Lipinski definition) is 2. The smallest absolute Gasteiger partial charge is 0.404 e. The molecule has 1 atom stereocenters. The van der Waals surface area contributed by atoms with E-state index in [1.165, 1.54) is 12.1 Å². The van der Waals surface area contributed by atoms with Gasteiger partial charge in [0, 0.05) is 0 Å². The standard InChI is InChI=1S/C13H14F3N3O4S/c14-13(15,16)23-10-3-1-2-4-11(10)24(21,22)8-5-9(18)12(20)19-7-6-17/h1-4,9H,5,7-8,18H2,(H,19,20)/t9-/m0/s1. The van der Waals surface area contributed by atoms with Gasteiger partial charge in [-0.1, -0.05) is 12.1 Å². The number of alkyl halides is 3. The molecule has 1 aromatic rings. The van der Waals surface area contributed by atoms with E-state index in [1.54, 1.807) is 6.07 Å². The van der Waals surface area contributed by atoms with Gasteiger partial charge >= 0.3 is 6.36 Å². The third-order valence-corrected chi connectivity index (χ3v) is 4.57. The number of nitrogens with zero attached hydrogens (tertiary/aromatic N) is 1. The molecule has 0 aromatic heterocycles. The van der Waals surface area contributed by atoms with E-state index in [2.05, 4.69) is 10.1 Å². The van der Waals surface area contributed by atoms with Gasteiger partial charge in [-0.05, 0) is 18.6 Å². The molecule has 132 valence electrons. The number of sulfone groups is 1. The molecule has 0 aliphatic rings. The minimum atomic E-state index is -5.04. The average Bonchev–Trinajstić information content (AvgIpc) is 2.49. The van der Waals surface area contributed by atoms with Crippen LogP contribution >= 0.6 is 0 Å². The van der Waals surface area contributed by atoms with Crippen LogP contribution in [0, 0.1) is 11.3 Å². The van der Waals surface area contributed by atoms with Gasteiger partial charge in [-0.25, -0.2) is 8.42 Å². The van der Waals surface area contributed by atoms with Gasteiger partial charge in [0.25, 0.3) is 0 Å². The van der Waals surface area contributed by atoms with Crippen molar-refractivity contribution in [2.24, 2.45) is 5.73 Å². The second-order valence-corrected chi connectivity index (χ2v) is 6.66. The number of para-hydroxylation sites is 1. The molecule has 0 radical (unpaired) electrons. The number of nitrogens with one attached hydrogen (secondary N) is 1. The fourth-order valence-corrected chi connectivity index (χ4v) is 3.18. The highest BCUT2D eigenvalue weighted by Gasteiger charge is 2.34. The number of carbonyl (C=O) groups is 1. The highest BCUT2D eigenvalue weighted by Crippen LogP contribution is 2.30. The lowest BCUT2D eigenvalue weighted by atomic mass is 10.2. The highest BCUT2D eigenvalue weighted by molar-refractivity contribution is 7.91. The molecule has 1 rings (SSSR count). The van der Waals surface area contributed by atoms with E-state index in [9.17, 15) is 26.4 Å². The van der Waals surface area contributed by atoms with Crippen LogP contribution in [0.25, 0.3) is 0 Å². The lowest BCUT2D eigenvalue weighted by molar-refractivity contribution is -0.275. The van der Waals surface area contributed by atoms with Crippen molar-refractivity contribution < 1.29 is 31.1 Å². The van der Waals surface area contributed by atoms with E-state index in [0.29, 0.717) is 0 Å². The molecule has 0 bridgehead atoms. The second-order valence-electron chi connectivity index (χ2n) is 4.58. The van der Waals surface area contributed by atoms with E-state index < -0.39 is 44.5 Å². The second kappa shape index (κ2) is 7.98. The maximum absolute atomic E-state index is 12.3. The molecule has 24 heavy (non-hydrogen) atoms. The molecule has 0 unspecified atom stereocenters. The Bertz CT molecular complexity index is 729. The van der Waals surface area contributed by atoms with Gasteiger partial charge in [-0.15, -0.1) is 13.2 Å². The summed E-state index contributed by atoms with van der Waals surface area (Å²) in [7, 11) is -4.16. The van der Waals surface area contributed by atoms with Gasteiger partial charge in [-0.2, -0.15) is 5.26 Å². The summed E-state index contributed by atoms with van der Waals surface area (Å²) in [5.74, 6) is -2.24. The molecular formula is C13H14F3N3O4S. The number of nitrogens with two attached hydrogens (primary N) is 1. The fourth-order valence-electron chi connectivity index (χ4n) is 1.70. The summed E-state index contributed by atoms with van der Waals surface area (Å²) in [5.41, 5.74) is 5.49. The first kappa shape index (κ1) is 19.7. The molecule has 0 aliphatic heterocycles. The summed E-state index contributed by atoms with van der Waals surface area (Å²) in [4.78, 5) is 10.8. The predicted octanol–water partition coefficient (Wildman–Crippen LogP) is 0.716. The topological polar surface area (TPSA) is 122 Å². The lowest BCUT2D eigenvalue weighted by Crippen LogP contribution is -2.41. The first-order valence-electron chi connectivity index (χ1n) is 6.54. The van der Waals surface area contributed by atoms with Crippen LogP contribution < -0.4 is 15.8 Å². The van der Waals surface area contributed by atoms with Gasteiger partial charge in [0.2, 0.25) is 5.91 Å². The van der Waals surface area contributed by atoms with Crippen molar-refractivity contribution in [1.29, 1.82) is 5.26 Å². The van der Waals surface area contributed by atoms with E-state index in [4.69, 9.17) is 11.0 Å². The summed E-state index contributed by atoms with van der Waals surface area (Å²) in [5, 5.41) is 10.5. The highest BCUT2D eigenvalue weighted by atomic mass is 32.2. The Labute approximate surface area is 136 Å². The fraction of sp³-hybridized carbons (Fsp3) is 0.385. The first-order valence-corrected chi connectivity index (χ1v) is 8.20. The molecule has 0 spiro atoms. The molecule has 7 nitrogen and oxygen atoms in total. The number of benzene rings is 1. The average molecular weight is 365 g/mol. The number of ether oxygens (including phenoxy) is 1. The molecule has 0 fully saturated rings. The van der Waals surface area contributed by atoms with E-state index in [1.807, 2.05) is 0 Å². The Morgan fingerprint density at radius 1 is 1.38 bits per heavy atom. The molecular weight excluding hydrogens is 351 g/mol. The maximum Gasteiger partial charge on any atom is 0.573 e. The zero-order valence-electron chi connectivity index (χ0n) is 12.2. The van der Waals surface area contributed by atoms with Crippen molar-refractivity contribution in [3.8, 4) is 11.8 Å². The van der Waals surface area contributed by atoms with Crippen LogP contribution in [0.5, 0.6) is 5.75 Å². The minimum absolute atomic E-state index is 0.290. The molecule has 0 aliphatic carbocycles. The molecule has 11 heteroatoms. The van der Waals surface area contributed by atoms with Crippen molar-refractivity contribution >= 4 is 15.7 Å². The molecule has 1 aromatic carbocycles. The Morgan fingerprint density at radius 3 is 2.58 bits per heavy atom. The van der Waals surface area contributed by atoms with Crippen LogP contribution in [0.15, 0.2) is 29.2 Å². The third-order valence-electron chi connectivity index (χ3n) is 2.79. The van der Waals surface area contributed by atoms with Crippen molar-refractivity contribution in [3.63, 3.8) is 0 Å². The van der Waals surface area contributed by atoms with Crippen molar-refractivity contribution in [1.82, 2.24) is 5.32 Å². The molecule has 0 saturated heterocycles.